The van der Waals surface area contributed by atoms with Gasteiger partial charge in [-0.25, -0.2) is 4.98 Å². The molecule has 21 heavy (non-hydrogen) atoms. The summed E-state index contributed by atoms with van der Waals surface area (Å²) in [6, 6.07) is 1.45. The Morgan fingerprint density at radius 2 is 2.14 bits per heavy atom. The molecule has 1 aromatic heterocycles. The molecule has 0 bridgehead atoms. The Hall–Kier alpha value is -2.18. The molecule has 7 nitrogen and oxygen atoms in total. The highest BCUT2D eigenvalue weighted by Crippen LogP contribution is 2.20. The van der Waals surface area contributed by atoms with Gasteiger partial charge in [0, 0.05) is 18.7 Å². The molecule has 1 aromatic rings. The number of amides is 1. The smallest absolute Gasteiger partial charge is 0.300 e. The number of nitrogens with zero attached hydrogens (tertiary/aromatic N) is 2. The topological polar surface area (TPSA) is 97.2 Å². The van der Waals surface area contributed by atoms with Crippen molar-refractivity contribution in [3.8, 4) is 0 Å². The normalized spacial score (nSPS) is 11.8. The Kier molecular flexibility index (Phi) is 6.58. The predicted octanol–water partition coefficient (Wildman–Crippen LogP) is 2.73. The average molecular weight is 294 g/mol. The van der Waals surface area contributed by atoms with E-state index in [-0.39, 0.29) is 17.3 Å². The summed E-state index contributed by atoms with van der Waals surface area (Å²) in [5.41, 5.74) is -0.235. The maximum atomic E-state index is 12.3. The van der Waals surface area contributed by atoms with Crippen LogP contribution >= 0.6 is 0 Å². The molecule has 0 spiro atoms. The molecule has 1 heterocycles. The largest absolute Gasteiger partial charge is 0.370 e. The van der Waals surface area contributed by atoms with Crippen molar-refractivity contribution < 1.29 is 9.72 Å². The van der Waals surface area contributed by atoms with Crippen LogP contribution in [0.4, 0.5) is 11.5 Å². The van der Waals surface area contributed by atoms with E-state index in [0.29, 0.717) is 12.4 Å². The van der Waals surface area contributed by atoms with Crippen LogP contribution in [0.25, 0.3) is 0 Å². The molecular weight excluding hydrogens is 272 g/mol. The van der Waals surface area contributed by atoms with Gasteiger partial charge in [-0.05, 0) is 19.8 Å². The highest BCUT2D eigenvalue weighted by atomic mass is 16.6. The minimum Gasteiger partial charge on any atom is -0.370 e. The molecule has 1 amide bonds. The zero-order chi connectivity index (χ0) is 15.8. The van der Waals surface area contributed by atoms with E-state index in [4.69, 9.17) is 0 Å². The molecule has 0 aliphatic heterocycles. The van der Waals surface area contributed by atoms with Crippen LogP contribution in [0.5, 0.6) is 0 Å². The molecule has 0 radical (unpaired) electrons. The van der Waals surface area contributed by atoms with E-state index in [1.165, 1.54) is 6.07 Å². The highest BCUT2D eigenvalue weighted by molar-refractivity contribution is 5.98. The van der Waals surface area contributed by atoms with E-state index >= 15 is 0 Å². The van der Waals surface area contributed by atoms with Gasteiger partial charge in [0.15, 0.2) is 0 Å². The summed E-state index contributed by atoms with van der Waals surface area (Å²) in [5, 5.41) is 16.8. The zero-order valence-electron chi connectivity index (χ0n) is 12.7. The van der Waals surface area contributed by atoms with E-state index in [0.717, 1.165) is 25.5 Å². The quantitative estimate of drug-likeness (QED) is 0.567. The third-order valence-corrected chi connectivity index (χ3v) is 3.15. The molecular formula is C14H22N4O3. The fraction of sp³-hybridized carbons (Fsp3) is 0.571. The van der Waals surface area contributed by atoms with E-state index in [1.807, 2.05) is 20.8 Å². The van der Waals surface area contributed by atoms with Crippen LogP contribution in [0.15, 0.2) is 12.3 Å². The lowest BCUT2D eigenvalue weighted by Gasteiger charge is -2.16. The molecule has 1 unspecified atom stereocenters. The van der Waals surface area contributed by atoms with E-state index in [9.17, 15) is 14.9 Å². The van der Waals surface area contributed by atoms with Gasteiger partial charge in [0.25, 0.3) is 11.6 Å². The SMILES string of the molecule is CCCC(CC)NC(=O)c1cc(NCC)ncc1[N+](=O)[O-]. The fourth-order valence-electron chi connectivity index (χ4n) is 2.04. The zero-order valence-corrected chi connectivity index (χ0v) is 12.7. The molecule has 0 fully saturated rings. The first-order valence-electron chi connectivity index (χ1n) is 7.22. The summed E-state index contributed by atoms with van der Waals surface area (Å²) in [6.45, 7) is 6.52. The molecule has 0 aliphatic carbocycles. The van der Waals surface area contributed by atoms with Crippen LogP contribution in [-0.4, -0.2) is 28.4 Å². The highest BCUT2D eigenvalue weighted by Gasteiger charge is 2.23. The first-order valence-corrected chi connectivity index (χ1v) is 7.22. The van der Waals surface area contributed by atoms with Gasteiger partial charge in [-0.3, -0.25) is 14.9 Å². The van der Waals surface area contributed by atoms with Crippen molar-refractivity contribution >= 4 is 17.4 Å². The van der Waals surface area contributed by atoms with Gasteiger partial charge in [0.2, 0.25) is 0 Å². The van der Waals surface area contributed by atoms with Crippen molar-refractivity contribution in [1.82, 2.24) is 10.3 Å². The van der Waals surface area contributed by atoms with Gasteiger partial charge in [-0.15, -0.1) is 0 Å². The number of nitrogens with one attached hydrogen (secondary N) is 2. The number of nitro groups is 1. The Balaban J connectivity index is 3.04. The molecule has 7 heteroatoms. The van der Waals surface area contributed by atoms with E-state index < -0.39 is 10.8 Å². The molecule has 1 atom stereocenters. The summed E-state index contributed by atoms with van der Waals surface area (Å²) in [7, 11) is 0. The summed E-state index contributed by atoms with van der Waals surface area (Å²) in [5.74, 6) is 0.0281. The molecule has 0 aliphatic rings. The van der Waals surface area contributed by atoms with Crippen LogP contribution in [0, 0.1) is 10.1 Å². The van der Waals surface area contributed by atoms with Crippen molar-refractivity contribution in [2.75, 3.05) is 11.9 Å². The lowest BCUT2D eigenvalue weighted by molar-refractivity contribution is -0.385. The third-order valence-electron chi connectivity index (χ3n) is 3.15. The number of anilines is 1. The van der Waals surface area contributed by atoms with Crippen LogP contribution in [0.2, 0.25) is 0 Å². The minimum atomic E-state index is -0.585. The maximum Gasteiger partial charge on any atom is 0.300 e. The van der Waals surface area contributed by atoms with Crippen molar-refractivity contribution in [3.63, 3.8) is 0 Å². The summed E-state index contributed by atoms with van der Waals surface area (Å²) < 4.78 is 0. The lowest BCUT2D eigenvalue weighted by Crippen LogP contribution is -2.34. The molecule has 0 aromatic carbocycles. The summed E-state index contributed by atoms with van der Waals surface area (Å²) in [6.07, 6.45) is 3.70. The van der Waals surface area contributed by atoms with Gasteiger partial charge in [-0.2, -0.15) is 0 Å². The van der Waals surface area contributed by atoms with Crippen LogP contribution in [-0.2, 0) is 0 Å². The Labute approximate surface area is 124 Å². The van der Waals surface area contributed by atoms with Gasteiger partial charge in [0.1, 0.15) is 17.6 Å². The average Bonchev–Trinajstić information content (AvgIpc) is 2.46. The first kappa shape index (κ1) is 16.9. The third kappa shape index (κ3) is 4.70. The molecule has 0 saturated heterocycles. The number of rotatable bonds is 8. The number of hydrogen-bond donors (Lipinski definition) is 2. The van der Waals surface area contributed by atoms with Crippen LogP contribution < -0.4 is 10.6 Å². The number of carbonyl (C=O) groups is 1. The lowest BCUT2D eigenvalue weighted by atomic mass is 10.1. The Bertz CT molecular complexity index is 505. The summed E-state index contributed by atoms with van der Waals surface area (Å²) >= 11 is 0. The number of pyridine rings is 1. The minimum absolute atomic E-state index is 0.0258. The summed E-state index contributed by atoms with van der Waals surface area (Å²) in [4.78, 5) is 26.7. The van der Waals surface area contributed by atoms with Gasteiger partial charge >= 0.3 is 0 Å². The molecule has 116 valence electrons. The Morgan fingerprint density at radius 3 is 2.67 bits per heavy atom. The van der Waals surface area contributed by atoms with Crippen molar-refractivity contribution in [2.24, 2.45) is 0 Å². The van der Waals surface area contributed by atoms with Crippen LogP contribution in [0.1, 0.15) is 50.4 Å². The van der Waals surface area contributed by atoms with Crippen LogP contribution in [0.3, 0.4) is 0 Å². The van der Waals surface area contributed by atoms with Gasteiger partial charge < -0.3 is 10.6 Å². The van der Waals surface area contributed by atoms with Gasteiger partial charge in [-0.1, -0.05) is 20.3 Å². The molecule has 1 rings (SSSR count). The second kappa shape index (κ2) is 8.18. The number of carbonyl (C=O) groups excluding carboxylic acids is 1. The fourth-order valence-corrected chi connectivity index (χ4v) is 2.04. The second-order valence-electron chi connectivity index (χ2n) is 4.74. The monoisotopic (exact) mass is 294 g/mol. The predicted molar refractivity (Wildman–Crippen MR) is 81.5 cm³/mol. The van der Waals surface area contributed by atoms with E-state index in [1.54, 1.807) is 0 Å². The molecule has 2 N–H and O–H groups in total. The number of aromatic nitrogens is 1. The standard InChI is InChI=1S/C14H22N4O3/c1-4-7-10(5-2)17-14(19)11-8-13(15-6-3)16-9-12(11)18(20)21/h8-10H,4-7H2,1-3H3,(H,15,16)(H,17,19). The first-order chi connectivity index (χ1) is 10.0. The van der Waals surface area contributed by atoms with Crippen molar-refractivity contribution in [3.05, 3.63) is 27.9 Å². The van der Waals surface area contributed by atoms with Crippen molar-refractivity contribution in [2.45, 2.75) is 46.1 Å². The Morgan fingerprint density at radius 1 is 1.43 bits per heavy atom. The maximum absolute atomic E-state index is 12.3. The van der Waals surface area contributed by atoms with Crippen molar-refractivity contribution in [1.29, 1.82) is 0 Å². The van der Waals surface area contributed by atoms with E-state index in [2.05, 4.69) is 15.6 Å². The molecule has 0 saturated carbocycles. The van der Waals surface area contributed by atoms with Gasteiger partial charge in [0.05, 0.1) is 4.92 Å². The second-order valence-corrected chi connectivity index (χ2v) is 4.74. The number of hydrogen-bond acceptors (Lipinski definition) is 5.